The first kappa shape index (κ1) is 16.4. The molecule has 2 amide bonds. The van der Waals surface area contributed by atoms with E-state index >= 15 is 0 Å². The number of hydrogen-bond acceptors (Lipinski definition) is 5. The predicted octanol–water partition coefficient (Wildman–Crippen LogP) is -1.55. The van der Waals surface area contributed by atoms with Crippen molar-refractivity contribution in [1.29, 1.82) is 0 Å². The molecule has 0 aliphatic carbocycles. The Labute approximate surface area is 113 Å². The molecule has 1 heterocycles. The molecule has 1 saturated heterocycles. The van der Waals surface area contributed by atoms with Crippen LogP contribution in [0, 0.1) is 0 Å². The lowest BCUT2D eigenvalue weighted by molar-refractivity contribution is -0.153. The second-order valence-electron chi connectivity index (χ2n) is 3.90. The van der Waals surface area contributed by atoms with E-state index in [0.29, 0.717) is 0 Å². The predicted molar refractivity (Wildman–Crippen MR) is 59.8 cm³/mol. The van der Waals surface area contributed by atoms with Crippen LogP contribution in [-0.2, 0) is 29.9 Å². The number of ether oxygens (including phenoxy) is 1. The molecular formula is C9H11F3N2O5S. The maximum atomic E-state index is 11.9. The van der Waals surface area contributed by atoms with Gasteiger partial charge in [0.2, 0.25) is 11.8 Å². The first-order chi connectivity index (χ1) is 9.14. The average Bonchev–Trinajstić information content (AvgIpc) is 2.29. The van der Waals surface area contributed by atoms with Crippen molar-refractivity contribution < 1.29 is 36.5 Å². The van der Waals surface area contributed by atoms with Gasteiger partial charge in [0.15, 0.2) is 6.04 Å². The van der Waals surface area contributed by atoms with Gasteiger partial charge in [0.1, 0.15) is 17.5 Å². The van der Waals surface area contributed by atoms with E-state index in [0.717, 1.165) is 7.11 Å². The van der Waals surface area contributed by atoms with E-state index in [1.165, 1.54) is 0 Å². The lowest BCUT2D eigenvalue weighted by Crippen LogP contribution is -2.72. The standard InChI is InChI=1S/C9H11F3N2O5S/c1-19-8(17)6-5(7(16)14-6)13-4(15)2-20(18)3-9(10,11)12/h5-6H,2-3H2,1H3,(H,13,15)(H,14,16). The molecule has 0 aromatic carbocycles. The summed E-state index contributed by atoms with van der Waals surface area (Å²) in [5.41, 5.74) is 0. The second-order valence-corrected chi connectivity index (χ2v) is 5.36. The van der Waals surface area contributed by atoms with Crippen molar-refractivity contribution in [3.05, 3.63) is 0 Å². The van der Waals surface area contributed by atoms with Gasteiger partial charge in [-0.3, -0.25) is 13.8 Å². The zero-order valence-electron chi connectivity index (χ0n) is 10.2. The van der Waals surface area contributed by atoms with Crippen LogP contribution in [0.2, 0.25) is 0 Å². The maximum Gasteiger partial charge on any atom is 0.400 e. The van der Waals surface area contributed by atoms with Crippen molar-refractivity contribution in [3.63, 3.8) is 0 Å². The van der Waals surface area contributed by atoms with Crippen LogP contribution >= 0.6 is 0 Å². The van der Waals surface area contributed by atoms with Crippen molar-refractivity contribution in [1.82, 2.24) is 10.6 Å². The SMILES string of the molecule is COC(=O)C1NC(=O)C1NC(=O)CS(=O)CC(F)(F)F. The molecule has 1 aliphatic heterocycles. The molecular weight excluding hydrogens is 305 g/mol. The Morgan fingerprint density at radius 3 is 2.50 bits per heavy atom. The first-order valence-electron chi connectivity index (χ1n) is 5.23. The number of nitrogens with one attached hydrogen (secondary N) is 2. The minimum Gasteiger partial charge on any atom is -0.467 e. The number of rotatable bonds is 5. The summed E-state index contributed by atoms with van der Waals surface area (Å²) in [7, 11) is -1.36. The van der Waals surface area contributed by atoms with Crippen molar-refractivity contribution >= 4 is 28.6 Å². The van der Waals surface area contributed by atoms with Crippen LogP contribution in [0.4, 0.5) is 13.2 Å². The molecule has 3 unspecified atom stereocenters. The third-order valence-corrected chi connectivity index (χ3v) is 3.54. The van der Waals surface area contributed by atoms with Gasteiger partial charge in [-0.25, -0.2) is 4.79 Å². The lowest BCUT2D eigenvalue weighted by atomic mass is 9.99. The van der Waals surface area contributed by atoms with E-state index in [4.69, 9.17) is 0 Å². The van der Waals surface area contributed by atoms with Gasteiger partial charge < -0.3 is 15.4 Å². The molecule has 114 valence electrons. The summed E-state index contributed by atoms with van der Waals surface area (Å²) in [6.45, 7) is 0. The number of esters is 1. The fourth-order valence-corrected chi connectivity index (χ4v) is 2.29. The smallest absolute Gasteiger partial charge is 0.400 e. The van der Waals surface area contributed by atoms with Crippen LogP contribution in [0.25, 0.3) is 0 Å². The summed E-state index contributed by atoms with van der Waals surface area (Å²) in [6, 6.07) is -2.31. The van der Waals surface area contributed by atoms with Gasteiger partial charge in [-0.15, -0.1) is 0 Å². The Morgan fingerprint density at radius 1 is 1.45 bits per heavy atom. The molecule has 1 rings (SSSR count). The minimum absolute atomic E-state index is 0.671. The Balaban J connectivity index is 2.48. The van der Waals surface area contributed by atoms with Gasteiger partial charge in [-0.2, -0.15) is 13.2 Å². The number of methoxy groups -OCH3 is 1. The molecule has 1 aliphatic rings. The maximum absolute atomic E-state index is 11.9. The Bertz CT molecular complexity index is 453. The number of alkyl halides is 3. The molecule has 3 atom stereocenters. The summed E-state index contributed by atoms with van der Waals surface area (Å²) >= 11 is 0. The van der Waals surface area contributed by atoms with Crippen LogP contribution in [-0.4, -0.2) is 58.9 Å². The summed E-state index contributed by atoms with van der Waals surface area (Å²) in [5.74, 6) is -5.00. The highest BCUT2D eigenvalue weighted by atomic mass is 32.2. The summed E-state index contributed by atoms with van der Waals surface area (Å²) in [5, 5.41) is 4.19. The highest BCUT2D eigenvalue weighted by molar-refractivity contribution is 7.85. The summed E-state index contributed by atoms with van der Waals surface area (Å²) in [6.07, 6.45) is -4.65. The quantitative estimate of drug-likeness (QED) is 0.472. The highest BCUT2D eigenvalue weighted by Gasteiger charge is 2.46. The van der Waals surface area contributed by atoms with Gasteiger partial charge in [-0.1, -0.05) is 0 Å². The van der Waals surface area contributed by atoms with E-state index in [9.17, 15) is 31.8 Å². The van der Waals surface area contributed by atoms with Crippen molar-refractivity contribution in [2.45, 2.75) is 18.3 Å². The van der Waals surface area contributed by atoms with Crippen molar-refractivity contribution in [2.75, 3.05) is 18.6 Å². The molecule has 0 spiro atoms. The fraction of sp³-hybridized carbons (Fsp3) is 0.667. The third-order valence-electron chi connectivity index (χ3n) is 2.30. The molecule has 0 saturated carbocycles. The summed E-state index contributed by atoms with van der Waals surface area (Å²) in [4.78, 5) is 33.6. The monoisotopic (exact) mass is 316 g/mol. The van der Waals surface area contributed by atoms with E-state index in [2.05, 4.69) is 10.1 Å². The fourth-order valence-electron chi connectivity index (χ4n) is 1.45. The van der Waals surface area contributed by atoms with E-state index in [-0.39, 0.29) is 0 Å². The Hall–Kier alpha value is -1.65. The lowest BCUT2D eigenvalue weighted by Gasteiger charge is -2.34. The molecule has 1 fully saturated rings. The largest absolute Gasteiger partial charge is 0.467 e. The van der Waals surface area contributed by atoms with Crippen LogP contribution in [0.1, 0.15) is 0 Å². The van der Waals surface area contributed by atoms with Crippen LogP contribution in [0.3, 0.4) is 0 Å². The number of halogens is 3. The number of hydrogen-bond donors (Lipinski definition) is 2. The third kappa shape index (κ3) is 4.47. The zero-order valence-corrected chi connectivity index (χ0v) is 11.0. The molecule has 20 heavy (non-hydrogen) atoms. The van der Waals surface area contributed by atoms with Gasteiger partial charge in [0, 0.05) is 10.8 Å². The topological polar surface area (TPSA) is 102 Å². The van der Waals surface area contributed by atoms with Crippen molar-refractivity contribution in [3.8, 4) is 0 Å². The zero-order chi connectivity index (χ0) is 15.5. The first-order valence-corrected chi connectivity index (χ1v) is 6.72. The number of β-lactam (4-membered cyclic amide) rings is 1. The van der Waals surface area contributed by atoms with Gasteiger partial charge >= 0.3 is 12.1 Å². The Kier molecular flexibility index (Phi) is 5.09. The molecule has 7 nitrogen and oxygen atoms in total. The van der Waals surface area contributed by atoms with Crippen LogP contribution in [0.5, 0.6) is 0 Å². The molecule has 0 bridgehead atoms. The normalized spacial score (nSPS) is 23.3. The van der Waals surface area contributed by atoms with Gasteiger partial charge in [0.25, 0.3) is 0 Å². The average molecular weight is 316 g/mol. The van der Waals surface area contributed by atoms with Crippen LogP contribution in [0.15, 0.2) is 0 Å². The van der Waals surface area contributed by atoms with Crippen molar-refractivity contribution in [2.24, 2.45) is 0 Å². The van der Waals surface area contributed by atoms with E-state index < -0.39 is 58.3 Å². The number of amides is 2. The van der Waals surface area contributed by atoms with E-state index in [1.54, 1.807) is 0 Å². The Morgan fingerprint density at radius 2 is 2.05 bits per heavy atom. The number of carbonyl (C=O) groups excluding carboxylic acids is 3. The second kappa shape index (κ2) is 6.20. The minimum atomic E-state index is -4.65. The van der Waals surface area contributed by atoms with E-state index in [1.807, 2.05) is 5.32 Å². The number of carbonyl (C=O) groups is 3. The molecule has 11 heteroatoms. The molecule has 2 N–H and O–H groups in total. The molecule has 0 aromatic rings. The van der Waals surface area contributed by atoms with Gasteiger partial charge in [0.05, 0.1) is 7.11 Å². The molecule has 0 aromatic heterocycles. The summed E-state index contributed by atoms with van der Waals surface area (Å²) < 4.78 is 51.2. The molecule has 0 radical (unpaired) electrons. The van der Waals surface area contributed by atoms with Gasteiger partial charge in [-0.05, 0) is 0 Å². The van der Waals surface area contributed by atoms with Crippen LogP contribution < -0.4 is 10.6 Å². The highest BCUT2D eigenvalue weighted by Crippen LogP contribution is 2.16.